The van der Waals surface area contributed by atoms with Crippen molar-refractivity contribution in [2.24, 2.45) is 0 Å². The molecule has 11 heteroatoms. The molecule has 0 saturated carbocycles. The topological polar surface area (TPSA) is 131 Å². The zero-order chi connectivity index (χ0) is 23.6. The van der Waals surface area contributed by atoms with E-state index in [0.717, 1.165) is 10.5 Å². The first-order chi connectivity index (χ1) is 15.8. The second-order valence-corrected chi connectivity index (χ2v) is 10.5. The second-order valence-electron chi connectivity index (χ2n) is 7.36. The number of nitrogens with zero attached hydrogens (tertiary/aromatic N) is 3. The van der Waals surface area contributed by atoms with Gasteiger partial charge in [0.15, 0.2) is 9.84 Å². The van der Waals surface area contributed by atoms with Crippen molar-refractivity contribution in [3.8, 4) is 17.7 Å². The van der Waals surface area contributed by atoms with E-state index in [0.29, 0.717) is 11.4 Å². The minimum absolute atomic E-state index is 0.0231. The molecule has 1 aliphatic rings. The standard InChI is InChI=1S/C22H17BrN4O5S/c23-15-4-6-17(7-5-15)32-21-18(22(29)27-9-2-1-3-19(27)26-21)11-14(12-24)20(28)25-16-8-10-33(30,31)13-16/h1-7,9,11,16H,8,10,13H2,(H,25,28)/b14-11+/t16-/m1/s1. The van der Waals surface area contributed by atoms with Crippen LogP contribution in [0, 0.1) is 11.3 Å². The number of pyridine rings is 1. The van der Waals surface area contributed by atoms with Crippen LogP contribution >= 0.6 is 15.9 Å². The van der Waals surface area contributed by atoms with E-state index in [-0.39, 0.29) is 34.9 Å². The Morgan fingerprint density at radius 1 is 1.27 bits per heavy atom. The van der Waals surface area contributed by atoms with Crippen molar-refractivity contribution in [1.29, 1.82) is 5.26 Å². The lowest BCUT2D eigenvalue weighted by Gasteiger charge is -2.12. The number of nitrogens with one attached hydrogen (secondary N) is 1. The number of benzene rings is 1. The van der Waals surface area contributed by atoms with Gasteiger partial charge in [0.1, 0.15) is 28.6 Å². The van der Waals surface area contributed by atoms with Gasteiger partial charge in [-0.15, -0.1) is 0 Å². The molecule has 2 aromatic heterocycles. The van der Waals surface area contributed by atoms with Crippen LogP contribution in [0.25, 0.3) is 11.7 Å². The Labute approximate surface area is 197 Å². The molecule has 168 valence electrons. The Bertz CT molecular complexity index is 1470. The first-order valence-corrected chi connectivity index (χ1v) is 12.4. The molecule has 1 aromatic carbocycles. The summed E-state index contributed by atoms with van der Waals surface area (Å²) in [6, 6.07) is 13.0. The highest BCUT2D eigenvalue weighted by molar-refractivity contribution is 9.10. The van der Waals surface area contributed by atoms with Gasteiger partial charge in [-0.05, 0) is 48.9 Å². The molecule has 0 unspecified atom stereocenters. The third-order valence-corrected chi connectivity index (χ3v) is 7.28. The molecule has 3 heterocycles. The van der Waals surface area contributed by atoms with Gasteiger partial charge in [-0.3, -0.25) is 14.0 Å². The van der Waals surface area contributed by atoms with Gasteiger partial charge in [-0.1, -0.05) is 22.0 Å². The fraction of sp³-hybridized carbons (Fsp3) is 0.182. The molecule has 0 spiro atoms. The number of ether oxygens (including phenoxy) is 1. The fourth-order valence-electron chi connectivity index (χ4n) is 3.36. The number of nitriles is 1. The van der Waals surface area contributed by atoms with Crippen LogP contribution in [0.2, 0.25) is 0 Å². The molecule has 1 aliphatic heterocycles. The summed E-state index contributed by atoms with van der Waals surface area (Å²) >= 11 is 3.34. The SMILES string of the molecule is N#C/C(=C\c1c(Oc2ccc(Br)cc2)nc2ccccn2c1=O)C(=O)N[C@@H]1CCS(=O)(=O)C1. The largest absolute Gasteiger partial charge is 0.438 e. The Balaban J connectivity index is 1.75. The number of hydrogen-bond donors (Lipinski definition) is 1. The summed E-state index contributed by atoms with van der Waals surface area (Å²) in [5.74, 6) is -0.649. The molecule has 1 saturated heterocycles. The minimum Gasteiger partial charge on any atom is -0.438 e. The summed E-state index contributed by atoms with van der Waals surface area (Å²) < 4.78 is 31.3. The van der Waals surface area contributed by atoms with E-state index < -0.39 is 27.3 Å². The third kappa shape index (κ3) is 5.13. The number of halogens is 1. The molecule has 1 fully saturated rings. The molecular weight excluding hydrogens is 512 g/mol. The minimum atomic E-state index is -3.21. The number of carbonyl (C=O) groups excluding carboxylic acids is 1. The van der Waals surface area contributed by atoms with Crippen LogP contribution in [-0.4, -0.2) is 41.3 Å². The van der Waals surface area contributed by atoms with E-state index in [1.165, 1.54) is 10.6 Å². The van der Waals surface area contributed by atoms with Crippen LogP contribution in [0.4, 0.5) is 0 Å². The van der Waals surface area contributed by atoms with E-state index in [4.69, 9.17) is 4.74 Å². The number of hydrogen-bond acceptors (Lipinski definition) is 7. The molecule has 0 aliphatic carbocycles. The highest BCUT2D eigenvalue weighted by atomic mass is 79.9. The van der Waals surface area contributed by atoms with Crippen LogP contribution in [0.1, 0.15) is 12.0 Å². The van der Waals surface area contributed by atoms with Crippen molar-refractivity contribution in [3.63, 3.8) is 0 Å². The summed E-state index contributed by atoms with van der Waals surface area (Å²) in [7, 11) is -3.21. The lowest BCUT2D eigenvalue weighted by Crippen LogP contribution is -2.36. The van der Waals surface area contributed by atoms with E-state index in [2.05, 4.69) is 26.2 Å². The molecule has 0 radical (unpaired) electrons. The highest BCUT2D eigenvalue weighted by Crippen LogP contribution is 2.25. The van der Waals surface area contributed by atoms with Crippen molar-refractivity contribution in [1.82, 2.24) is 14.7 Å². The highest BCUT2D eigenvalue weighted by Gasteiger charge is 2.29. The molecule has 4 rings (SSSR count). The number of amides is 1. The second kappa shape index (κ2) is 9.17. The summed E-state index contributed by atoms with van der Waals surface area (Å²) in [4.78, 5) is 30.2. The lowest BCUT2D eigenvalue weighted by atomic mass is 10.1. The Hall–Kier alpha value is -3.49. The number of fused-ring (bicyclic) bond motifs is 1. The smallest absolute Gasteiger partial charge is 0.269 e. The molecule has 1 N–H and O–H groups in total. The molecule has 3 aromatic rings. The average Bonchev–Trinajstić information content (AvgIpc) is 3.13. The van der Waals surface area contributed by atoms with Crippen molar-refractivity contribution < 1.29 is 17.9 Å². The lowest BCUT2D eigenvalue weighted by molar-refractivity contribution is -0.117. The van der Waals surface area contributed by atoms with Gasteiger partial charge < -0.3 is 10.1 Å². The van der Waals surface area contributed by atoms with Crippen molar-refractivity contribution in [2.45, 2.75) is 12.5 Å². The van der Waals surface area contributed by atoms with Gasteiger partial charge in [0.2, 0.25) is 5.88 Å². The maximum atomic E-state index is 13.2. The maximum absolute atomic E-state index is 13.2. The quantitative estimate of drug-likeness (QED) is 0.397. The molecular formula is C22H17BrN4O5S. The Morgan fingerprint density at radius 3 is 2.70 bits per heavy atom. The summed E-state index contributed by atoms with van der Waals surface area (Å²) in [5, 5.41) is 12.1. The summed E-state index contributed by atoms with van der Waals surface area (Å²) in [6.07, 6.45) is 2.90. The van der Waals surface area contributed by atoms with Gasteiger partial charge >= 0.3 is 0 Å². The Kier molecular flexibility index (Phi) is 6.31. The molecule has 1 atom stereocenters. The van der Waals surface area contributed by atoms with Gasteiger partial charge in [0.25, 0.3) is 11.5 Å². The zero-order valence-corrected chi connectivity index (χ0v) is 19.5. The molecule has 33 heavy (non-hydrogen) atoms. The molecule has 0 bridgehead atoms. The zero-order valence-electron chi connectivity index (χ0n) is 17.1. The van der Waals surface area contributed by atoms with Crippen LogP contribution < -0.4 is 15.6 Å². The number of carbonyl (C=O) groups is 1. The van der Waals surface area contributed by atoms with Crippen LogP contribution in [0.5, 0.6) is 11.6 Å². The van der Waals surface area contributed by atoms with Crippen molar-refractivity contribution >= 4 is 43.4 Å². The molecule has 9 nitrogen and oxygen atoms in total. The van der Waals surface area contributed by atoms with Gasteiger partial charge in [0, 0.05) is 16.7 Å². The third-order valence-electron chi connectivity index (χ3n) is 4.98. The predicted molar refractivity (Wildman–Crippen MR) is 124 cm³/mol. The summed E-state index contributed by atoms with van der Waals surface area (Å²) in [6.45, 7) is 0. The Morgan fingerprint density at radius 2 is 2.03 bits per heavy atom. The number of rotatable bonds is 5. The van der Waals surface area contributed by atoms with Gasteiger partial charge in [-0.2, -0.15) is 10.2 Å². The van der Waals surface area contributed by atoms with Gasteiger partial charge in [0.05, 0.1) is 11.5 Å². The van der Waals surface area contributed by atoms with Gasteiger partial charge in [-0.25, -0.2) is 8.42 Å². The van der Waals surface area contributed by atoms with Crippen LogP contribution in [0.3, 0.4) is 0 Å². The maximum Gasteiger partial charge on any atom is 0.269 e. The first kappa shape index (κ1) is 22.7. The number of sulfone groups is 1. The van der Waals surface area contributed by atoms with Crippen LogP contribution in [0.15, 0.2) is 63.5 Å². The molecule has 1 amide bonds. The van der Waals surface area contributed by atoms with Crippen molar-refractivity contribution in [3.05, 3.63) is 74.6 Å². The normalized spacial score (nSPS) is 17.5. The van der Waals surface area contributed by atoms with Crippen LogP contribution in [-0.2, 0) is 14.6 Å². The fourth-order valence-corrected chi connectivity index (χ4v) is 5.30. The average molecular weight is 529 g/mol. The first-order valence-electron chi connectivity index (χ1n) is 9.83. The van der Waals surface area contributed by atoms with E-state index in [1.807, 2.05) is 0 Å². The monoisotopic (exact) mass is 528 g/mol. The number of aromatic nitrogens is 2. The van der Waals surface area contributed by atoms with Crippen molar-refractivity contribution in [2.75, 3.05) is 11.5 Å². The predicted octanol–water partition coefficient (Wildman–Crippen LogP) is 2.46. The van der Waals surface area contributed by atoms with E-state index >= 15 is 0 Å². The van der Waals surface area contributed by atoms with E-state index in [9.17, 15) is 23.3 Å². The van der Waals surface area contributed by atoms with E-state index in [1.54, 1.807) is 48.5 Å². The summed E-state index contributed by atoms with van der Waals surface area (Å²) in [5.41, 5.74) is -0.662.